The molecule has 0 saturated carbocycles. The Morgan fingerprint density at radius 3 is 2.21 bits per heavy atom. The molecule has 2 aliphatic heterocycles. The number of hydrogen-bond acceptors (Lipinski definition) is 9. The summed E-state index contributed by atoms with van der Waals surface area (Å²) in [6.07, 6.45) is -2.30. The van der Waals surface area contributed by atoms with Crippen molar-refractivity contribution in [3.8, 4) is 16.9 Å². The molecule has 2 saturated heterocycles. The van der Waals surface area contributed by atoms with E-state index in [0.717, 1.165) is 23.0 Å². The predicted molar refractivity (Wildman–Crippen MR) is 195 cm³/mol. The van der Waals surface area contributed by atoms with Gasteiger partial charge in [-0.15, -0.1) is 0 Å². The van der Waals surface area contributed by atoms with E-state index in [2.05, 4.69) is 20.4 Å². The van der Waals surface area contributed by atoms with Crippen molar-refractivity contribution in [2.24, 2.45) is 13.0 Å². The number of amides is 4. The average molecular weight is 803 g/mol. The number of likely N-dealkylation sites (tertiary alicyclic amines) is 1. The predicted octanol–water partition coefficient (Wildman–Crippen LogP) is 5.25. The molecule has 20 heteroatoms. The first kappa shape index (κ1) is 40.0. The molecule has 1 aromatic carbocycles. The Bertz CT molecular complexity index is 2170. The number of ether oxygens (including phenoxy) is 1. The molecule has 0 aliphatic carbocycles. The van der Waals surface area contributed by atoms with Gasteiger partial charge in [0.05, 0.1) is 28.0 Å². The quantitative estimate of drug-likeness (QED) is 0.195. The molecule has 4 amide bonds. The average Bonchev–Trinajstić information content (AvgIpc) is 3.74. The minimum absolute atomic E-state index is 0.0131. The van der Waals surface area contributed by atoms with Crippen LogP contribution in [0.3, 0.4) is 0 Å². The minimum atomic E-state index is -4.95. The summed E-state index contributed by atoms with van der Waals surface area (Å²) >= 11 is 6.50. The molecular formula is C36H39ClF4N10O5. The topological polar surface area (TPSA) is 174 Å². The van der Waals surface area contributed by atoms with E-state index >= 15 is 0 Å². The van der Waals surface area contributed by atoms with E-state index in [-0.39, 0.29) is 70.1 Å². The zero-order chi connectivity index (χ0) is 40.7. The number of aromatic nitrogens is 5. The number of imidazole rings is 1. The zero-order valence-corrected chi connectivity index (χ0v) is 31.6. The van der Waals surface area contributed by atoms with Crippen molar-refractivity contribution in [1.29, 1.82) is 0 Å². The first-order valence-electron chi connectivity index (χ1n) is 17.6. The van der Waals surface area contributed by atoms with Gasteiger partial charge in [0.2, 0.25) is 11.9 Å². The number of halogens is 5. The number of nitrogen functional groups attached to an aromatic ring is 1. The standard InChI is InChI=1S/C36H39ClF4N10O5/c1-35(2,3)56-34(55)50-11-9-20(10-12-50)32(53)48-13-15-49(16-14-48)33(54)22-6-5-21(17-24(22)37)44-31(52)30-43-18-26(47(30)4)23-19-51(46-28(23)36(39,40)41)25-7-8-27(42)45-29(25)38/h5-8,17-20H,9-16H2,1-4H3,(H2,42,45)(H,44,52). The zero-order valence-electron chi connectivity index (χ0n) is 30.9. The summed E-state index contributed by atoms with van der Waals surface area (Å²) in [5, 5.41) is 6.17. The number of anilines is 2. The Labute approximate surface area is 323 Å². The number of nitrogens with zero attached hydrogens (tertiary/aromatic N) is 8. The second-order valence-electron chi connectivity index (χ2n) is 14.4. The van der Waals surface area contributed by atoms with E-state index in [9.17, 15) is 36.7 Å². The highest BCUT2D eigenvalue weighted by Gasteiger charge is 2.39. The van der Waals surface area contributed by atoms with Gasteiger partial charge in [0.1, 0.15) is 17.1 Å². The minimum Gasteiger partial charge on any atom is -0.444 e. The number of nitrogens with two attached hydrogens (primary N) is 1. The molecule has 15 nitrogen and oxygen atoms in total. The fourth-order valence-electron chi connectivity index (χ4n) is 6.52. The lowest BCUT2D eigenvalue weighted by Gasteiger charge is -2.38. The number of carbonyl (C=O) groups excluding carboxylic acids is 4. The second-order valence-corrected chi connectivity index (χ2v) is 14.8. The van der Waals surface area contributed by atoms with Gasteiger partial charge in [-0.3, -0.25) is 14.4 Å². The molecule has 0 radical (unpaired) electrons. The molecule has 5 heterocycles. The van der Waals surface area contributed by atoms with Crippen LogP contribution in [-0.2, 0) is 22.8 Å². The van der Waals surface area contributed by atoms with E-state index in [1.165, 1.54) is 31.3 Å². The lowest BCUT2D eigenvalue weighted by molar-refractivity contribution is -0.141. The summed E-state index contributed by atoms with van der Waals surface area (Å²) in [6, 6.07) is 6.59. The van der Waals surface area contributed by atoms with Crippen LogP contribution in [0.2, 0.25) is 5.02 Å². The highest BCUT2D eigenvalue weighted by molar-refractivity contribution is 6.34. The van der Waals surface area contributed by atoms with Gasteiger partial charge in [0, 0.05) is 64.1 Å². The van der Waals surface area contributed by atoms with E-state index in [0.29, 0.717) is 43.7 Å². The Kier molecular flexibility index (Phi) is 11.0. The van der Waals surface area contributed by atoms with Gasteiger partial charge >= 0.3 is 12.3 Å². The normalized spacial score (nSPS) is 15.6. The Balaban J connectivity index is 1.07. The smallest absolute Gasteiger partial charge is 0.435 e. The Morgan fingerprint density at radius 1 is 0.946 bits per heavy atom. The number of benzene rings is 1. The third-order valence-corrected chi connectivity index (χ3v) is 9.69. The first-order chi connectivity index (χ1) is 26.3. The number of rotatable bonds is 6. The molecule has 298 valence electrons. The van der Waals surface area contributed by atoms with Crippen LogP contribution in [-0.4, -0.2) is 108 Å². The maximum Gasteiger partial charge on any atom is 0.435 e. The van der Waals surface area contributed by atoms with Crippen molar-refractivity contribution in [2.75, 3.05) is 50.3 Å². The number of pyridine rings is 1. The Morgan fingerprint density at radius 2 is 1.61 bits per heavy atom. The number of hydrogen-bond donors (Lipinski definition) is 2. The summed E-state index contributed by atoms with van der Waals surface area (Å²) in [5.41, 5.74) is 2.88. The van der Waals surface area contributed by atoms with Crippen LogP contribution in [0.25, 0.3) is 16.9 Å². The maximum atomic E-state index is 14.5. The second kappa shape index (κ2) is 15.4. The molecule has 4 aromatic rings. The van der Waals surface area contributed by atoms with Crippen molar-refractivity contribution >= 4 is 46.9 Å². The first-order valence-corrected chi connectivity index (χ1v) is 18.0. The molecule has 0 atom stereocenters. The van der Waals surface area contributed by atoms with E-state index in [1.807, 2.05) is 0 Å². The van der Waals surface area contributed by atoms with Crippen LogP contribution in [0.15, 0.2) is 42.7 Å². The van der Waals surface area contributed by atoms with Gasteiger partial charge < -0.3 is 35.1 Å². The van der Waals surface area contributed by atoms with Crippen molar-refractivity contribution in [3.63, 3.8) is 0 Å². The number of nitrogens with one attached hydrogen (secondary N) is 1. The molecule has 0 unspecified atom stereocenters. The molecule has 3 aromatic heterocycles. The van der Waals surface area contributed by atoms with E-state index < -0.39 is 41.0 Å². The van der Waals surface area contributed by atoms with Crippen LogP contribution < -0.4 is 11.1 Å². The fourth-order valence-corrected chi connectivity index (χ4v) is 6.79. The molecule has 0 bridgehead atoms. The third kappa shape index (κ3) is 8.56. The number of piperidine rings is 1. The number of piperazine rings is 1. The van der Waals surface area contributed by atoms with Gasteiger partial charge in [0.25, 0.3) is 11.8 Å². The van der Waals surface area contributed by atoms with Crippen LogP contribution in [0.4, 0.5) is 33.9 Å². The molecule has 0 spiro atoms. The van der Waals surface area contributed by atoms with Crippen molar-refractivity contribution < 1.29 is 41.5 Å². The molecule has 56 heavy (non-hydrogen) atoms. The van der Waals surface area contributed by atoms with Gasteiger partial charge in [-0.2, -0.15) is 22.7 Å². The maximum absolute atomic E-state index is 14.5. The number of alkyl halides is 3. The lowest BCUT2D eigenvalue weighted by atomic mass is 9.95. The third-order valence-electron chi connectivity index (χ3n) is 9.38. The molecule has 2 fully saturated rings. The van der Waals surface area contributed by atoms with Crippen molar-refractivity contribution in [2.45, 2.75) is 45.4 Å². The van der Waals surface area contributed by atoms with Gasteiger partial charge in [0.15, 0.2) is 11.5 Å². The molecule has 3 N–H and O–H groups in total. The fraction of sp³-hybridized carbons (Fsp3) is 0.417. The molecular weight excluding hydrogens is 764 g/mol. The summed E-state index contributed by atoms with van der Waals surface area (Å²) < 4.78 is 63.9. The van der Waals surface area contributed by atoms with Crippen molar-refractivity contribution in [1.82, 2.24) is 39.0 Å². The highest BCUT2D eigenvalue weighted by atomic mass is 35.5. The van der Waals surface area contributed by atoms with E-state index in [4.69, 9.17) is 22.1 Å². The molecule has 6 rings (SSSR count). The monoisotopic (exact) mass is 802 g/mol. The van der Waals surface area contributed by atoms with Gasteiger partial charge in [-0.25, -0.2) is 19.4 Å². The van der Waals surface area contributed by atoms with Gasteiger partial charge in [-0.05, 0) is 63.9 Å². The number of carbonyl (C=O) groups is 4. The summed E-state index contributed by atoms with van der Waals surface area (Å²) in [4.78, 5) is 64.7. The summed E-state index contributed by atoms with van der Waals surface area (Å²) in [6.45, 7) is 7.45. The van der Waals surface area contributed by atoms with Gasteiger partial charge in [-0.1, -0.05) is 11.6 Å². The van der Waals surface area contributed by atoms with Crippen molar-refractivity contribution in [3.05, 3.63) is 70.8 Å². The van der Waals surface area contributed by atoms with Crippen LogP contribution in [0, 0.1) is 11.9 Å². The highest BCUT2D eigenvalue weighted by Crippen LogP contribution is 2.37. The largest absolute Gasteiger partial charge is 0.444 e. The van der Waals surface area contributed by atoms with E-state index in [1.54, 1.807) is 35.5 Å². The Hall–Kier alpha value is -5.72. The van der Waals surface area contributed by atoms with Crippen LogP contribution >= 0.6 is 11.6 Å². The van der Waals surface area contributed by atoms with Crippen LogP contribution in [0.1, 0.15) is 60.3 Å². The summed E-state index contributed by atoms with van der Waals surface area (Å²) in [5.74, 6) is -2.97. The SMILES string of the molecule is Cn1c(-c2cn(-c3ccc(N)nc3F)nc2C(F)(F)F)cnc1C(=O)Nc1ccc(C(=O)N2CCN(C(=O)C3CCN(C(=O)OC(C)(C)C)CC3)CC2)c(Cl)c1. The lowest BCUT2D eigenvalue weighted by Crippen LogP contribution is -2.53. The molecule has 2 aliphatic rings. The summed E-state index contributed by atoms with van der Waals surface area (Å²) in [7, 11) is 1.33. The van der Waals surface area contributed by atoms with Crippen LogP contribution in [0.5, 0.6) is 0 Å².